The third kappa shape index (κ3) is 2.86. The minimum Gasteiger partial charge on any atom is -0.387 e. The molecule has 2 N–H and O–H groups in total. The molecular weight excluding hydrogens is 371 g/mol. The largest absolute Gasteiger partial charge is 0.416 e. The maximum absolute atomic E-state index is 13.0. The molecule has 0 aromatic heterocycles. The van der Waals surface area contributed by atoms with Crippen molar-refractivity contribution in [3.05, 3.63) is 64.7 Å². The Kier molecular flexibility index (Phi) is 4.30. The highest BCUT2D eigenvalue weighted by atomic mass is 32.2. The minimum absolute atomic E-state index is 0.0732. The molecule has 1 aliphatic heterocycles. The lowest BCUT2D eigenvalue weighted by atomic mass is 9.96. The molecule has 1 aliphatic rings. The van der Waals surface area contributed by atoms with Crippen LogP contribution in [0.4, 0.5) is 13.2 Å². The summed E-state index contributed by atoms with van der Waals surface area (Å²) < 4.78 is 64.3. The number of nitrogens with zero attached hydrogens (tertiary/aromatic N) is 1. The van der Waals surface area contributed by atoms with Crippen LogP contribution in [0.5, 0.6) is 0 Å². The highest BCUT2D eigenvalue weighted by Gasteiger charge is 2.48. The molecule has 3 unspecified atom stereocenters. The van der Waals surface area contributed by atoms with Crippen LogP contribution < -0.4 is 0 Å². The molecule has 5 nitrogen and oxygen atoms in total. The first-order valence-electron chi connectivity index (χ1n) is 7.38. The number of halogens is 3. The van der Waals surface area contributed by atoms with Gasteiger partial charge in [0, 0.05) is 5.56 Å². The van der Waals surface area contributed by atoms with Crippen molar-refractivity contribution in [1.29, 1.82) is 5.26 Å². The molecule has 3 rings (SSSR count). The SMILES string of the molecule is N#Cc1cc(C(O)C2C(O)c3ccccc3S2(=O)=O)cc(C(F)(F)F)c1. The fourth-order valence-electron chi connectivity index (χ4n) is 3.06. The topological polar surface area (TPSA) is 98.4 Å². The predicted octanol–water partition coefficient (Wildman–Crippen LogP) is 2.50. The highest BCUT2D eigenvalue weighted by molar-refractivity contribution is 7.92. The van der Waals surface area contributed by atoms with Gasteiger partial charge in [-0.25, -0.2) is 8.42 Å². The van der Waals surface area contributed by atoms with Gasteiger partial charge in [-0.05, 0) is 29.8 Å². The van der Waals surface area contributed by atoms with Crippen LogP contribution in [-0.2, 0) is 16.0 Å². The van der Waals surface area contributed by atoms with E-state index in [1.54, 1.807) is 6.07 Å². The second kappa shape index (κ2) is 6.09. The number of benzene rings is 2. The van der Waals surface area contributed by atoms with Gasteiger partial charge < -0.3 is 10.2 Å². The number of rotatable bonds is 2. The summed E-state index contributed by atoms with van der Waals surface area (Å²) in [6, 6.07) is 9.28. The molecule has 2 aromatic rings. The van der Waals surface area contributed by atoms with Crippen LogP contribution in [0, 0.1) is 11.3 Å². The summed E-state index contributed by atoms with van der Waals surface area (Å²) in [4.78, 5) is -0.177. The van der Waals surface area contributed by atoms with Gasteiger partial charge in [-0.1, -0.05) is 18.2 Å². The molecule has 1 heterocycles. The maximum Gasteiger partial charge on any atom is 0.416 e. The van der Waals surface area contributed by atoms with E-state index in [0.29, 0.717) is 12.1 Å². The molecular formula is C17H12F3NO4S. The van der Waals surface area contributed by atoms with Gasteiger partial charge in [-0.2, -0.15) is 18.4 Å². The summed E-state index contributed by atoms with van der Waals surface area (Å²) in [5.41, 5.74) is -1.90. The van der Waals surface area contributed by atoms with Crippen LogP contribution in [0.3, 0.4) is 0 Å². The van der Waals surface area contributed by atoms with E-state index in [-0.39, 0.29) is 16.0 Å². The Hall–Kier alpha value is -2.41. The van der Waals surface area contributed by atoms with Crippen molar-refractivity contribution in [3.8, 4) is 6.07 Å². The van der Waals surface area contributed by atoms with Gasteiger partial charge >= 0.3 is 6.18 Å². The minimum atomic E-state index is -4.78. The van der Waals surface area contributed by atoms with Crippen LogP contribution in [-0.4, -0.2) is 23.9 Å². The van der Waals surface area contributed by atoms with E-state index in [1.165, 1.54) is 24.3 Å². The van der Waals surface area contributed by atoms with Crippen molar-refractivity contribution in [3.63, 3.8) is 0 Å². The third-order valence-electron chi connectivity index (χ3n) is 4.28. The first kappa shape index (κ1) is 18.4. The summed E-state index contributed by atoms with van der Waals surface area (Å²) in [5, 5.41) is 28.0. The van der Waals surface area contributed by atoms with E-state index < -0.39 is 44.6 Å². The fourth-order valence-corrected chi connectivity index (χ4v) is 5.12. The van der Waals surface area contributed by atoms with E-state index >= 15 is 0 Å². The summed E-state index contributed by atoms with van der Waals surface area (Å²) in [5.74, 6) is 0. The molecule has 0 radical (unpaired) electrons. The molecule has 0 bridgehead atoms. The molecule has 0 spiro atoms. The average Bonchev–Trinajstić information content (AvgIpc) is 2.80. The average molecular weight is 383 g/mol. The third-order valence-corrected chi connectivity index (χ3v) is 6.50. The van der Waals surface area contributed by atoms with Crippen LogP contribution >= 0.6 is 0 Å². The molecule has 26 heavy (non-hydrogen) atoms. The standard InChI is InChI=1S/C17H12F3NO4S/c18-17(19,20)11-6-9(8-21)5-10(7-11)14(22)16-15(23)12-3-1-2-4-13(12)26(16,24)25/h1-7,14-16,22-23H. The lowest BCUT2D eigenvalue weighted by Gasteiger charge is -2.22. The van der Waals surface area contributed by atoms with Crippen LogP contribution in [0.25, 0.3) is 0 Å². The van der Waals surface area contributed by atoms with Crippen molar-refractivity contribution in [2.45, 2.75) is 28.5 Å². The lowest BCUT2D eigenvalue weighted by molar-refractivity contribution is -0.137. The number of aliphatic hydroxyl groups excluding tert-OH is 2. The van der Waals surface area contributed by atoms with Gasteiger partial charge in [0.15, 0.2) is 9.84 Å². The number of fused-ring (bicyclic) bond motifs is 1. The zero-order valence-corrected chi connectivity index (χ0v) is 13.8. The predicted molar refractivity (Wildman–Crippen MR) is 83.5 cm³/mol. The summed E-state index contributed by atoms with van der Waals surface area (Å²) in [7, 11) is -4.18. The molecule has 3 atom stereocenters. The van der Waals surface area contributed by atoms with Crippen LogP contribution in [0.1, 0.15) is 34.5 Å². The number of nitriles is 1. The summed E-state index contributed by atoms with van der Waals surface area (Å²) >= 11 is 0. The summed E-state index contributed by atoms with van der Waals surface area (Å²) in [6.07, 6.45) is -8.33. The second-order valence-electron chi connectivity index (χ2n) is 5.89. The highest BCUT2D eigenvalue weighted by Crippen LogP contribution is 2.45. The summed E-state index contributed by atoms with van der Waals surface area (Å²) in [6.45, 7) is 0. The van der Waals surface area contributed by atoms with Gasteiger partial charge in [-0.3, -0.25) is 0 Å². The Morgan fingerprint density at radius 1 is 1.15 bits per heavy atom. The second-order valence-corrected chi connectivity index (χ2v) is 7.96. The monoisotopic (exact) mass is 383 g/mol. The fraction of sp³-hybridized carbons (Fsp3) is 0.235. The van der Waals surface area contributed by atoms with Crippen molar-refractivity contribution in [2.24, 2.45) is 0 Å². The van der Waals surface area contributed by atoms with Crippen LogP contribution in [0.2, 0.25) is 0 Å². The van der Waals surface area contributed by atoms with Gasteiger partial charge in [0.1, 0.15) is 11.4 Å². The van der Waals surface area contributed by atoms with Gasteiger partial charge in [0.25, 0.3) is 0 Å². The van der Waals surface area contributed by atoms with Crippen molar-refractivity contribution < 1.29 is 31.8 Å². The van der Waals surface area contributed by atoms with Crippen molar-refractivity contribution in [2.75, 3.05) is 0 Å². The van der Waals surface area contributed by atoms with E-state index in [0.717, 1.165) is 6.07 Å². The quantitative estimate of drug-likeness (QED) is 0.830. The first-order valence-corrected chi connectivity index (χ1v) is 8.93. The first-order chi connectivity index (χ1) is 12.1. The Morgan fingerprint density at radius 2 is 1.81 bits per heavy atom. The number of alkyl halides is 3. The Morgan fingerprint density at radius 3 is 2.38 bits per heavy atom. The van der Waals surface area contributed by atoms with Gasteiger partial charge in [0.05, 0.1) is 28.2 Å². The number of sulfone groups is 1. The Balaban J connectivity index is 2.11. The molecule has 136 valence electrons. The Bertz CT molecular complexity index is 1010. The van der Waals surface area contributed by atoms with Crippen molar-refractivity contribution in [1.82, 2.24) is 0 Å². The van der Waals surface area contributed by atoms with E-state index in [1.807, 2.05) is 0 Å². The number of hydrogen-bond donors (Lipinski definition) is 2. The maximum atomic E-state index is 13.0. The zero-order valence-electron chi connectivity index (χ0n) is 13.0. The van der Waals surface area contributed by atoms with E-state index in [2.05, 4.69) is 0 Å². The normalized spacial score (nSPS) is 22.5. The van der Waals surface area contributed by atoms with E-state index in [9.17, 15) is 31.8 Å². The smallest absolute Gasteiger partial charge is 0.387 e. The van der Waals surface area contributed by atoms with E-state index in [4.69, 9.17) is 5.26 Å². The molecule has 0 saturated carbocycles. The molecule has 0 aliphatic carbocycles. The van der Waals surface area contributed by atoms with Crippen molar-refractivity contribution >= 4 is 9.84 Å². The molecule has 2 aromatic carbocycles. The van der Waals surface area contributed by atoms with Gasteiger partial charge in [-0.15, -0.1) is 0 Å². The Labute approximate surface area is 146 Å². The molecule has 0 saturated heterocycles. The number of hydrogen-bond acceptors (Lipinski definition) is 5. The molecule has 9 heteroatoms. The molecule has 0 amide bonds. The lowest BCUT2D eigenvalue weighted by Crippen LogP contribution is -2.29. The number of aliphatic hydroxyl groups is 2. The van der Waals surface area contributed by atoms with Crippen LogP contribution in [0.15, 0.2) is 47.4 Å². The zero-order chi connectivity index (χ0) is 19.3. The van der Waals surface area contributed by atoms with Gasteiger partial charge in [0.2, 0.25) is 0 Å². The molecule has 0 fully saturated rings.